The second-order valence-corrected chi connectivity index (χ2v) is 19.6. The largest absolute Gasteiger partial charge is 0.309 e. The van der Waals surface area contributed by atoms with Gasteiger partial charge in [0.25, 0.3) is 0 Å². The van der Waals surface area contributed by atoms with Gasteiger partial charge in [-0.3, -0.25) is 4.57 Å². The third-order valence-electron chi connectivity index (χ3n) is 15.4. The van der Waals surface area contributed by atoms with Gasteiger partial charge in [-0.1, -0.05) is 170 Å². The number of hydrogen-bond donors (Lipinski definition) is 0. The van der Waals surface area contributed by atoms with Crippen molar-refractivity contribution in [3.63, 3.8) is 0 Å². The van der Waals surface area contributed by atoms with E-state index in [1.165, 1.54) is 76.0 Å². The van der Waals surface area contributed by atoms with Crippen LogP contribution in [0.15, 0.2) is 255 Å². The van der Waals surface area contributed by atoms with Crippen molar-refractivity contribution >= 4 is 97.7 Å². The molecule has 16 rings (SSSR count). The molecule has 0 saturated carbocycles. The van der Waals surface area contributed by atoms with E-state index >= 15 is 0 Å². The molecule has 4 heterocycles. The third kappa shape index (κ3) is 6.30. The first kappa shape index (κ1) is 41.4. The minimum atomic E-state index is 0.555. The summed E-state index contributed by atoms with van der Waals surface area (Å²) in [6, 6.07) is 91.7. The zero-order valence-electron chi connectivity index (χ0n) is 40.4. The van der Waals surface area contributed by atoms with Gasteiger partial charge in [-0.15, -0.1) is 0 Å². The van der Waals surface area contributed by atoms with Crippen LogP contribution in [0.2, 0.25) is 0 Å². The van der Waals surface area contributed by atoms with Crippen LogP contribution >= 0.6 is 0 Å². The summed E-state index contributed by atoms with van der Waals surface area (Å²) in [7, 11) is 0. The van der Waals surface area contributed by atoms with Crippen molar-refractivity contribution < 1.29 is 0 Å². The number of rotatable bonds is 6. The quantitative estimate of drug-likeness (QED) is 0.167. The molecule has 0 amide bonds. The monoisotopic (exact) mass is 954 g/mol. The lowest BCUT2D eigenvalue weighted by molar-refractivity contribution is 0.953. The Hall–Kier alpha value is -10.2. The number of benzene rings is 12. The van der Waals surface area contributed by atoms with Crippen molar-refractivity contribution in [2.45, 2.75) is 0 Å². The summed E-state index contributed by atoms with van der Waals surface area (Å²) in [5, 5.41) is 14.5. The van der Waals surface area contributed by atoms with E-state index in [9.17, 15) is 0 Å². The van der Waals surface area contributed by atoms with Gasteiger partial charge < -0.3 is 9.13 Å². The van der Waals surface area contributed by atoms with Crippen LogP contribution in [0.4, 0.5) is 0 Å². The maximum Gasteiger partial charge on any atom is 0.238 e. The average molecular weight is 955 g/mol. The highest BCUT2D eigenvalue weighted by atomic mass is 15.2. The van der Waals surface area contributed by atoms with Gasteiger partial charge in [-0.25, -0.2) is 4.98 Å². The lowest BCUT2D eigenvalue weighted by Gasteiger charge is -2.13. The van der Waals surface area contributed by atoms with Crippen LogP contribution in [0.3, 0.4) is 0 Å². The first-order chi connectivity index (χ1) is 37.2. The first-order valence-corrected chi connectivity index (χ1v) is 25.5. The van der Waals surface area contributed by atoms with Gasteiger partial charge in [0, 0.05) is 54.8 Å². The van der Waals surface area contributed by atoms with Gasteiger partial charge in [0.2, 0.25) is 5.95 Å². The molecule has 0 saturated heterocycles. The van der Waals surface area contributed by atoms with E-state index in [0.29, 0.717) is 17.6 Å². The summed E-state index contributed by atoms with van der Waals surface area (Å²) in [5.41, 5.74) is 13.0. The van der Waals surface area contributed by atoms with Crippen LogP contribution in [-0.2, 0) is 0 Å². The first-order valence-electron chi connectivity index (χ1n) is 25.5. The summed E-state index contributed by atoms with van der Waals surface area (Å²) in [6.07, 6.45) is 0. The van der Waals surface area contributed by atoms with Crippen molar-refractivity contribution in [2.24, 2.45) is 0 Å². The molecule has 0 spiro atoms. The summed E-state index contributed by atoms with van der Waals surface area (Å²) < 4.78 is 7.03. The highest BCUT2D eigenvalue weighted by molar-refractivity contribution is 6.26. The lowest BCUT2D eigenvalue weighted by atomic mass is 9.93. The van der Waals surface area contributed by atoms with Gasteiger partial charge >= 0.3 is 0 Å². The normalized spacial score (nSPS) is 12.0. The van der Waals surface area contributed by atoms with Crippen molar-refractivity contribution in [3.05, 3.63) is 255 Å². The van der Waals surface area contributed by atoms with Gasteiger partial charge in [0.05, 0.1) is 33.1 Å². The Labute approximate surface area is 430 Å². The average Bonchev–Trinajstić information content (AvgIpc) is 4.20. The Bertz CT molecular complexity index is 4990. The maximum atomic E-state index is 5.42. The Morgan fingerprint density at radius 1 is 0.240 bits per heavy atom. The zero-order chi connectivity index (χ0) is 49.1. The lowest BCUT2D eigenvalue weighted by Crippen LogP contribution is -2.06. The third-order valence-corrected chi connectivity index (χ3v) is 15.4. The van der Waals surface area contributed by atoms with E-state index in [1.54, 1.807) is 0 Å². The molecule has 0 aliphatic carbocycles. The second-order valence-electron chi connectivity index (χ2n) is 19.6. The molecule has 0 atom stereocenters. The Morgan fingerprint density at radius 3 is 1.52 bits per heavy atom. The molecule has 4 aromatic heterocycles. The van der Waals surface area contributed by atoms with E-state index in [-0.39, 0.29) is 0 Å². The van der Waals surface area contributed by atoms with Gasteiger partial charge in [-0.2, -0.15) is 9.97 Å². The fourth-order valence-corrected chi connectivity index (χ4v) is 12.1. The van der Waals surface area contributed by atoms with Gasteiger partial charge in [0.15, 0.2) is 11.6 Å². The smallest absolute Gasteiger partial charge is 0.238 e. The van der Waals surface area contributed by atoms with Crippen molar-refractivity contribution in [1.82, 2.24) is 28.7 Å². The standard InChI is InChI=1S/C69H42N6/c1-3-18-44(19-4-1)67-70-68(45-31-35-50(36-32-45)73-59-29-15-13-26-53(59)57-39-46-20-7-8-21-47(46)41-63(57)73)72-69(71-67)75-61-37-34-48(40-58(61)65-51-24-10-9-17-43(51)33-38-62(65)75)56-42-64-66(54-27-12-11-25-52(54)56)55-28-14-16-30-60(55)74(64)49-22-5-2-6-23-49/h1-42H. The second kappa shape index (κ2) is 16.2. The summed E-state index contributed by atoms with van der Waals surface area (Å²) >= 11 is 0. The molecule has 0 N–H and O–H groups in total. The van der Waals surface area contributed by atoms with Crippen molar-refractivity contribution in [2.75, 3.05) is 0 Å². The van der Waals surface area contributed by atoms with Gasteiger partial charge in [0.1, 0.15) is 0 Å². The van der Waals surface area contributed by atoms with E-state index in [0.717, 1.165) is 55.4 Å². The zero-order valence-corrected chi connectivity index (χ0v) is 40.4. The number of nitrogens with zero attached hydrogens (tertiary/aromatic N) is 6. The van der Waals surface area contributed by atoms with Crippen LogP contribution in [0.1, 0.15) is 0 Å². The van der Waals surface area contributed by atoms with Crippen molar-refractivity contribution in [1.29, 1.82) is 0 Å². The van der Waals surface area contributed by atoms with Crippen LogP contribution in [0, 0.1) is 0 Å². The van der Waals surface area contributed by atoms with E-state index in [2.05, 4.69) is 250 Å². The minimum Gasteiger partial charge on any atom is -0.309 e. The number of hydrogen-bond acceptors (Lipinski definition) is 3. The van der Waals surface area contributed by atoms with Crippen LogP contribution in [-0.4, -0.2) is 28.7 Å². The van der Waals surface area contributed by atoms with E-state index in [1.807, 2.05) is 18.2 Å². The molecule has 0 aliphatic rings. The molecule has 0 fully saturated rings. The minimum absolute atomic E-state index is 0.555. The predicted octanol–water partition coefficient (Wildman–Crippen LogP) is 17.6. The van der Waals surface area contributed by atoms with Crippen LogP contribution < -0.4 is 0 Å². The molecule has 0 bridgehead atoms. The van der Waals surface area contributed by atoms with Crippen LogP contribution in [0.25, 0.3) is 149 Å². The fraction of sp³-hybridized carbons (Fsp3) is 0. The molecule has 16 aromatic rings. The highest BCUT2D eigenvalue weighted by Gasteiger charge is 2.23. The van der Waals surface area contributed by atoms with E-state index < -0.39 is 0 Å². The Morgan fingerprint density at radius 2 is 0.760 bits per heavy atom. The van der Waals surface area contributed by atoms with Crippen molar-refractivity contribution in [3.8, 4) is 51.2 Å². The molecule has 0 unspecified atom stereocenters. The number of fused-ring (bicyclic) bond motifs is 14. The van der Waals surface area contributed by atoms with E-state index in [4.69, 9.17) is 15.0 Å². The summed E-state index contributed by atoms with van der Waals surface area (Å²) in [6.45, 7) is 0. The molecule has 0 radical (unpaired) electrons. The molecule has 12 aromatic carbocycles. The number of para-hydroxylation sites is 3. The molecule has 6 nitrogen and oxygen atoms in total. The fourth-order valence-electron chi connectivity index (χ4n) is 12.1. The highest BCUT2D eigenvalue weighted by Crippen LogP contribution is 2.44. The topological polar surface area (TPSA) is 53.5 Å². The predicted molar refractivity (Wildman–Crippen MR) is 312 cm³/mol. The molecule has 6 heteroatoms. The van der Waals surface area contributed by atoms with Gasteiger partial charge in [-0.05, 0) is 128 Å². The Balaban J connectivity index is 0.910. The van der Waals surface area contributed by atoms with Crippen LogP contribution in [0.5, 0.6) is 0 Å². The molecular formula is C69H42N6. The molecule has 0 aliphatic heterocycles. The number of aromatic nitrogens is 6. The molecule has 348 valence electrons. The SMILES string of the molecule is c1ccc(-c2nc(-c3ccc(-n4c5ccccc5c5cc6ccccc6cc54)cc3)nc(-n3c4ccc(-c5cc6c(c7ccccc57)c5ccccc5n6-c5ccccc5)cc4c4c5ccccc5ccc43)n2)cc1. The molecular weight excluding hydrogens is 913 g/mol. The molecule has 75 heavy (non-hydrogen) atoms. The summed E-state index contributed by atoms with van der Waals surface area (Å²) in [5.74, 6) is 1.76. The summed E-state index contributed by atoms with van der Waals surface area (Å²) in [4.78, 5) is 16.0. The maximum absolute atomic E-state index is 5.42. The Kier molecular flexibility index (Phi) is 8.94.